The number of amides is 2. The number of hydrogen-bond acceptors (Lipinski definition) is 3. The lowest BCUT2D eigenvalue weighted by Gasteiger charge is -2.48. The first kappa shape index (κ1) is 16.4. The van der Waals surface area contributed by atoms with Crippen molar-refractivity contribution in [3.8, 4) is 0 Å². The molecule has 0 aromatic rings. The summed E-state index contributed by atoms with van der Waals surface area (Å²) < 4.78 is 0. The standard InChI is InChI=1S/C19H31N3O2/c20-18(23)13-3-1-4-14(11-13)19(24)21-10-8-17-15(12-21)5-2-9-22(17)16-6-7-16/h13-17H,1-12H2,(H2,20,23). The zero-order chi connectivity index (χ0) is 16.7. The average molecular weight is 333 g/mol. The molecule has 2 aliphatic carbocycles. The number of hydrogen-bond donors (Lipinski definition) is 1. The van der Waals surface area contributed by atoms with Crippen LogP contribution in [0.3, 0.4) is 0 Å². The number of nitrogens with two attached hydrogens (primary N) is 1. The smallest absolute Gasteiger partial charge is 0.225 e. The molecule has 0 spiro atoms. The van der Waals surface area contributed by atoms with Crippen LogP contribution in [-0.2, 0) is 9.59 Å². The second kappa shape index (κ2) is 6.66. The summed E-state index contributed by atoms with van der Waals surface area (Å²) in [7, 11) is 0. The van der Waals surface area contributed by atoms with Crippen LogP contribution in [0.25, 0.3) is 0 Å². The van der Waals surface area contributed by atoms with Crippen molar-refractivity contribution in [2.45, 2.75) is 69.9 Å². The normalized spacial score (nSPS) is 37.8. The fraction of sp³-hybridized carbons (Fsp3) is 0.895. The Bertz CT molecular complexity index is 505. The zero-order valence-electron chi connectivity index (χ0n) is 14.7. The Balaban J connectivity index is 1.37. The van der Waals surface area contributed by atoms with Gasteiger partial charge in [-0.15, -0.1) is 0 Å². The third-order valence-corrected chi connectivity index (χ3v) is 6.86. The number of nitrogens with zero attached hydrogens (tertiary/aromatic N) is 2. The second-order valence-corrected chi connectivity index (χ2v) is 8.47. The van der Waals surface area contributed by atoms with Crippen LogP contribution in [0.15, 0.2) is 0 Å². The molecule has 2 N–H and O–H groups in total. The van der Waals surface area contributed by atoms with E-state index in [0.29, 0.717) is 24.3 Å². The lowest BCUT2D eigenvalue weighted by molar-refractivity contribution is -0.141. The van der Waals surface area contributed by atoms with E-state index in [2.05, 4.69) is 9.80 Å². The first-order valence-corrected chi connectivity index (χ1v) is 9.97. The summed E-state index contributed by atoms with van der Waals surface area (Å²) in [4.78, 5) is 29.3. The molecule has 0 aromatic carbocycles. The van der Waals surface area contributed by atoms with Gasteiger partial charge in [-0.2, -0.15) is 0 Å². The van der Waals surface area contributed by atoms with Crippen molar-refractivity contribution >= 4 is 11.8 Å². The minimum atomic E-state index is -0.224. The Morgan fingerprint density at radius 1 is 0.875 bits per heavy atom. The lowest BCUT2D eigenvalue weighted by Crippen LogP contribution is -2.56. The van der Waals surface area contributed by atoms with E-state index in [1.165, 1.54) is 32.2 Å². The van der Waals surface area contributed by atoms with Crippen molar-refractivity contribution in [3.63, 3.8) is 0 Å². The van der Waals surface area contributed by atoms with Crippen LogP contribution < -0.4 is 5.73 Å². The van der Waals surface area contributed by atoms with Gasteiger partial charge in [0.05, 0.1) is 0 Å². The minimum absolute atomic E-state index is 0.0240. The molecule has 2 aliphatic heterocycles. The fourth-order valence-corrected chi connectivity index (χ4v) is 5.43. The van der Waals surface area contributed by atoms with E-state index in [-0.39, 0.29) is 17.7 Å². The predicted octanol–water partition coefficient (Wildman–Crippen LogP) is 1.75. The summed E-state index contributed by atoms with van der Waals surface area (Å²) >= 11 is 0. The average Bonchev–Trinajstić information content (AvgIpc) is 3.45. The van der Waals surface area contributed by atoms with E-state index < -0.39 is 0 Å². The third kappa shape index (κ3) is 3.19. The highest BCUT2D eigenvalue weighted by Gasteiger charge is 2.43. The number of piperidine rings is 2. The SMILES string of the molecule is NC(=O)C1CCCC(C(=O)N2CCC3C(CCCN3C3CC3)C2)C1. The van der Waals surface area contributed by atoms with E-state index in [1.54, 1.807) is 0 Å². The van der Waals surface area contributed by atoms with Crippen LogP contribution in [0.4, 0.5) is 0 Å². The minimum Gasteiger partial charge on any atom is -0.369 e. The Hall–Kier alpha value is -1.10. The Kier molecular flexibility index (Phi) is 4.54. The van der Waals surface area contributed by atoms with Crippen LogP contribution in [0, 0.1) is 17.8 Å². The lowest BCUT2D eigenvalue weighted by atomic mass is 9.79. The number of carbonyl (C=O) groups excluding carboxylic acids is 2. The Morgan fingerprint density at radius 2 is 1.67 bits per heavy atom. The van der Waals surface area contributed by atoms with Crippen molar-refractivity contribution in [1.29, 1.82) is 0 Å². The number of rotatable bonds is 3. The zero-order valence-corrected chi connectivity index (χ0v) is 14.7. The quantitative estimate of drug-likeness (QED) is 0.856. The second-order valence-electron chi connectivity index (χ2n) is 8.47. The molecule has 0 radical (unpaired) electrons. The van der Waals surface area contributed by atoms with Crippen molar-refractivity contribution < 1.29 is 9.59 Å². The van der Waals surface area contributed by atoms with E-state index in [0.717, 1.165) is 44.8 Å². The van der Waals surface area contributed by atoms with Crippen molar-refractivity contribution in [3.05, 3.63) is 0 Å². The predicted molar refractivity (Wildman–Crippen MR) is 92.1 cm³/mol. The maximum atomic E-state index is 13.0. The number of carbonyl (C=O) groups is 2. The molecule has 5 heteroatoms. The number of primary amides is 1. The highest BCUT2D eigenvalue weighted by atomic mass is 16.2. The molecule has 2 amide bonds. The van der Waals surface area contributed by atoms with Crippen LogP contribution in [-0.4, -0.2) is 53.3 Å². The van der Waals surface area contributed by atoms with Gasteiger partial charge < -0.3 is 10.6 Å². The molecule has 2 heterocycles. The van der Waals surface area contributed by atoms with E-state index in [9.17, 15) is 9.59 Å². The van der Waals surface area contributed by atoms with Crippen molar-refractivity contribution in [2.75, 3.05) is 19.6 Å². The fourth-order valence-electron chi connectivity index (χ4n) is 5.43. The van der Waals surface area contributed by atoms with Crippen molar-refractivity contribution in [2.24, 2.45) is 23.5 Å². The molecule has 2 saturated carbocycles. The number of likely N-dealkylation sites (tertiary alicyclic amines) is 2. The van der Waals surface area contributed by atoms with Crippen LogP contribution in [0.5, 0.6) is 0 Å². The molecule has 2 saturated heterocycles. The van der Waals surface area contributed by atoms with Gasteiger partial charge in [-0.1, -0.05) is 6.42 Å². The first-order chi connectivity index (χ1) is 11.6. The van der Waals surface area contributed by atoms with Gasteiger partial charge in [-0.05, 0) is 63.8 Å². The molecular weight excluding hydrogens is 302 g/mol. The molecule has 4 unspecified atom stereocenters. The molecule has 0 aromatic heterocycles. The Morgan fingerprint density at radius 3 is 2.42 bits per heavy atom. The van der Waals surface area contributed by atoms with Crippen LogP contribution >= 0.6 is 0 Å². The maximum absolute atomic E-state index is 13.0. The first-order valence-electron chi connectivity index (χ1n) is 9.97. The summed E-state index contributed by atoms with van der Waals surface area (Å²) in [6.45, 7) is 3.11. The molecule has 4 atom stereocenters. The summed E-state index contributed by atoms with van der Waals surface area (Å²) in [6, 6.07) is 1.55. The third-order valence-electron chi connectivity index (χ3n) is 6.86. The molecule has 0 bridgehead atoms. The molecular formula is C19H31N3O2. The van der Waals surface area contributed by atoms with Gasteiger partial charge in [-0.3, -0.25) is 14.5 Å². The van der Waals surface area contributed by atoms with Gasteiger partial charge >= 0.3 is 0 Å². The van der Waals surface area contributed by atoms with Gasteiger partial charge in [0.1, 0.15) is 0 Å². The molecule has 134 valence electrons. The highest BCUT2D eigenvalue weighted by molar-refractivity contribution is 5.81. The maximum Gasteiger partial charge on any atom is 0.225 e. The van der Waals surface area contributed by atoms with Crippen LogP contribution in [0.1, 0.15) is 57.8 Å². The van der Waals surface area contributed by atoms with Gasteiger partial charge in [-0.25, -0.2) is 0 Å². The van der Waals surface area contributed by atoms with E-state index in [4.69, 9.17) is 5.73 Å². The molecule has 4 aliphatic rings. The topological polar surface area (TPSA) is 66.6 Å². The number of fused-ring (bicyclic) bond motifs is 1. The molecule has 4 fully saturated rings. The molecule has 4 rings (SSSR count). The summed E-state index contributed by atoms with van der Waals surface area (Å²) in [5.41, 5.74) is 5.48. The van der Waals surface area contributed by atoms with Gasteiger partial charge in [0.15, 0.2) is 0 Å². The summed E-state index contributed by atoms with van der Waals surface area (Å²) in [5, 5.41) is 0. The highest BCUT2D eigenvalue weighted by Crippen LogP contribution is 2.39. The molecule has 5 nitrogen and oxygen atoms in total. The monoisotopic (exact) mass is 333 g/mol. The van der Waals surface area contributed by atoms with Gasteiger partial charge in [0.25, 0.3) is 0 Å². The largest absolute Gasteiger partial charge is 0.369 e. The van der Waals surface area contributed by atoms with E-state index >= 15 is 0 Å². The summed E-state index contributed by atoms with van der Waals surface area (Å²) in [5.74, 6) is 0.662. The van der Waals surface area contributed by atoms with Crippen molar-refractivity contribution in [1.82, 2.24) is 9.80 Å². The van der Waals surface area contributed by atoms with Crippen LogP contribution in [0.2, 0.25) is 0 Å². The van der Waals surface area contributed by atoms with E-state index in [1.807, 2.05) is 0 Å². The Labute approximate surface area is 144 Å². The van der Waals surface area contributed by atoms with Gasteiger partial charge in [0.2, 0.25) is 11.8 Å². The van der Waals surface area contributed by atoms with Gasteiger partial charge in [0, 0.05) is 37.0 Å². The molecule has 24 heavy (non-hydrogen) atoms. The summed E-state index contributed by atoms with van der Waals surface area (Å²) in [6.07, 6.45) is 9.87.